The second kappa shape index (κ2) is 5.94. The summed E-state index contributed by atoms with van der Waals surface area (Å²) in [6.07, 6.45) is 5.91. The minimum Gasteiger partial charge on any atom is -0.497 e. The number of hydrogen-bond acceptors (Lipinski definition) is 3. The summed E-state index contributed by atoms with van der Waals surface area (Å²) >= 11 is 0. The van der Waals surface area contributed by atoms with Gasteiger partial charge in [0.05, 0.1) is 13.7 Å². The van der Waals surface area contributed by atoms with Crippen LogP contribution in [0.3, 0.4) is 0 Å². The van der Waals surface area contributed by atoms with Crippen LogP contribution in [0, 0.1) is 11.8 Å². The van der Waals surface area contributed by atoms with E-state index in [1.54, 1.807) is 7.11 Å². The topological polar surface area (TPSA) is 35.5 Å². The van der Waals surface area contributed by atoms with E-state index < -0.39 is 0 Å². The van der Waals surface area contributed by atoms with Crippen LogP contribution in [0.2, 0.25) is 0 Å². The molecule has 1 fully saturated rings. The lowest BCUT2D eigenvalue weighted by atomic mass is 9.55. The number of esters is 1. The van der Waals surface area contributed by atoms with Gasteiger partial charge in [0, 0.05) is 6.92 Å². The van der Waals surface area contributed by atoms with Gasteiger partial charge in [0.1, 0.15) is 5.75 Å². The van der Waals surface area contributed by atoms with Crippen molar-refractivity contribution in [3.05, 3.63) is 29.3 Å². The predicted molar refractivity (Wildman–Crippen MR) is 86.1 cm³/mol. The van der Waals surface area contributed by atoms with Gasteiger partial charge in [0.15, 0.2) is 0 Å². The summed E-state index contributed by atoms with van der Waals surface area (Å²) in [4.78, 5) is 11.2. The number of carbonyl (C=O) groups excluding carboxylic acids is 1. The molecule has 0 heterocycles. The molecule has 1 aromatic carbocycles. The summed E-state index contributed by atoms with van der Waals surface area (Å²) in [5, 5.41) is 0. The molecule has 3 nitrogen and oxygen atoms in total. The molecule has 1 aromatic rings. The Kier molecular flexibility index (Phi) is 4.16. The summed E-state index contributed by atoms with van der Waals surface area (Å²) in [6, 6.07) is 6.53. The summed E-state index contributed by atoms with van der Waals surface area (Å²) in [5.41, 5.74) is 3.11. The summed E-state index contributed by atoms with van der Waals surface area (Å²) in [7, 11) is 1.73. The zero-order chi connectivity index (χ0) is 15.7. The Morgan fingerprint density at radius 1 is 1.36 bits per heavy atom. The van der Waals surface area contributed by atoms with Crippen molar-refractivity contribution < 1.29 is 14.3 Å². The van der Waals surface area contributed by atoms with Crippen LogP contribution in [0.1, 0.15) is 50.7 Å². The summed E-state index contributed by atoms with van der Waals surface area (Å²) in [6.45, 7) is 4.48. The van der Waals surface area contributed by atoms with Gasteiger partial charge in [0.25, 0.3) is 0 Å². The van der Waals surface area contributed by atoms with Crippen LogP contribution in [0.25, 0.3) is 0 Å². The Bertz CT molecular complexity index is 566. The third-order valence-corrected chi connectivity index (χ3v) is 5.82. The molecule has 0 aromatic heterocycles. The Hall–Kier alpha value is -1.51. The van der Waals surface area contributed by atoms with Gasteiger partial charge in [-0.25, -0.2) is 0 Å². The van der Waals surface area contributed by atoms with Gasteiger partial charge >= 0.3 is 5.97 Å². The van der Waals surface area contributed by atoms with Gasteiger partial charge in [-0.15, -0.1) is 0 Å². The average Bonchev–Trinajstić information content (AvgIpc) is 2.51. The van der Waals surface area contributed by atoms with Crippen molar-refractivity contribution in [3.8, 4) is 5.75 Å². The molecular weight excluding hydrogens is 276 g/mol. The molecule has 22 heavy (non-hydrogen) atoms. The summed E-state index contributed by atoms with van der Waals surface area (Å²) < 4.78 is 10.8. The number of fused-ring (bicyclic) bond motifs is 3. The lowest BCUT2D eigenvalue weighted by molar-refractivity contribution is -0.144. The molecule has 1 saturated carbocycles. The first-order valence-electron chi connectivity index (χ1n) is 8.35. The van der Waals surface area contributed by atoms with Crippen molar-refractivity contribution in [1.82, 2.24) is 0 Å². The molecule has 3 unspecified atom stereocenters. The zero-order valence-corrected chi connectivity index (χ0v) is 13.9. The van der Waals surface area contributed by atoms with E-state index in [0.29, 0.717) is 18.4 Å². The third-order valence-electron chi connectivity index (χ3n) is 5.82. The van der Waals surface area contributed by atoms with E-state index in [4.69, 9.17) is 9.47 Å². The molecule has 2 aliphatic rings. The van der Waals surface area contributed by atoms with E-state index in [2.05, 4.69) is 25.1 Å². The van der Waals surface area contributed by atoms with Crippen LogP contribution in [0.5, 0.6) is 5.75 Å². The largest absolute Gasteiger partial charge is 0.497 e. The molecule has 3 atom stereocenters. The van der Waals surface area contributed by atoms with Gasteiger partial charge in [-0.1, -0.05) is 19.4 Å². The van der Waals surface area contributed by atoms with Crippen LogP contribution in [-0.2, 0) is 21.4 Å². The number of benzene rings is 1. The molecule has 0 bridgehead atoms. The Labute approximate surface area is 133 Å². The first-order valence-corrected chi connectivity index (χ1v) is 8.35. The van der Waals surface area contributed by atoms with Crippen molar-refractivity contribution in [3.63, 3.8) is 0 Å². The smallest absolute Gasteiger partial charge is 0.302 e. The highest BCUT2D eigenvalue weighted by molar-refractivity contribution is 5.65. The fraction of sp³-hybridized carbons (Fsp3) is 0.632. The van der Waals surface area contributed by atoms with Gasteiger partial charge in [-0.3, -0.25) is 4.79 Å². The zero-order valence-electron chi connectivity index (χ0n) is 13.9. The summed E-state index contributed by atoms with van der Waals surface area (Å²) in [5.74, 6) is 1.87. The maximum absolute atomic E-state index is 11.2. The second-order valence-corrected chi connectivity index (χ2v) is 7.04. The fourth-order valence-electron chi connectivity index (χ4n) is 4.69. The average molecular weight is 302 g/mol. The van der Waals surface area contributed by atoms with Gasteiger partial charge in [0.2, 0.25) is 0 Å². The van der Waals surface area contributed by atoms with Crippen molar-refractivity contribution in [2.24, 2.45) is 11.8 Å². The van der Waals surface area contributed by atoms with Crippen molar-refractivity contribution in [1.29, 1.82) is 0 Å². The molecule has 120 valence electrons. The Morgan fingerprint density at radius 3 is 2.91 bits per heavy atom. The van der Waals surface area contributed by atoms with Gasteiger partial charge in [-0.05, 0) is 66.2 Å². The maximum Gasteiger partial charge on any atom is 0.302 e. The highest BCUT2D eigenvalue weighted by Gasteiger charge is 2.46. The monoisotopic (exact) mass is 302 g/mol. The first kappa shape index (κ1) is 15.4. The molecule has 0 radical (unpaired) electrons. The van der Waals surface area contributed by atoms with E-state index in [0.717, 1.165) is 12.2 Å². The maximum atomic E-state index is 11.2. The van der Waals surface area contributed by atoms with Crippen LogP contribution in [0.4, 0.5) is 0 Å². The lowest BCUT2D eigenvalue weighted by Crippen LogP contribution is -2.45. The molecule has 3 rings (SSSR count). The Balaban J connectivity index is 1.91. The van der Waals surface area contributed by atoms with Crippen molar-refractivity contribution in [2.45, 2.75) is 51.4 Å². The van der Waals surface area contributed by atoms with Crippen LogP contribution in [0.15, 0.2) is 18.2 Å². The predicted octanol–water partition coefficient (Wildman–Crippen LogP) is 3.88. The number of rotatable bonds is 3. The lowest BCUT2D eigenvalue weighted by Gasteiger charge is -2.50. The highest BCUT2D eigenvalue weighted by Crippen LogP contribution is 2.52. The molecule has 0 amide bonds. The molecule has 0 saturated heterocycles. The van der Waals surface area contributed by atoms with E-state index in [1.165, 1.54) is 43.7 Å². The Morgan fingerprint density at radius 2 is 2.18 bits per heavy atom. The normalized spacial score (nSPS) is 30.1. The SMILES string of the molecule is COc1ccc2c(c1)C1(C)CCCC(COC(C)=O)C1CC2. The highest BCUT2D eigenvalue weighted by atomic mass is 16.5. The number of ether oxygens (including phenoxy) is 2. The van der Waals surface area contributed by atoms with E-state index in [1.807, 2.05) is 0 Å². The quantitative estimate of drug-likeness (QED) is 0.795. The van der Waals surface area contributed by atoms with Crippen molar-refractivity contribution >= 4 is 5.97 Å². The standard InChI is InChI=1S/C19H26O3/c1-13(20)22-12-15-5-4-10-19(2)17(15)9-7-14-6-8-16(21-3)11-18(14)19/h6,8,11,15,17H,4-5,7,9-10,12H2,1-3H3. The first-order chi connectivity index (χ1) is 10.5. The van der Waals surface area contributed by atoms with Crippen LogP contribution in [-0.4, -0.2) is 19.7 Å². The van der Waals surface area contributed by atoms with Gasteiger partial charge in [-0.2, -0.15) is 0 Å². The van der Waals surface area contributed by atoms with Crippen molar-refractivity contribution in [2.75, 3.05) is 13.7 Å². The van der Waals surface area contributed by atoms with Crippen LogP contribution >= 0.6 is 0 Å². The molecule has 3 heteroatoms. The van der Waals surface area contributed by atoms with E-state index in [-0.39, 0.29) is 11.4 Å². The third kappa shape index (κ3) is 2.62. The fourth-order valence-corrected chi connectivity index (χ4v) is 4.69. The van der Waals surface area contributed by atoms with Gasteiger partial charge < -0.3 is 9.47 Å². The minimum atomic E-state index is -0.162. The molecule has 2 aliphatic carbocycles. The number of hydrogen-bond donors (Lipinski definition) is 0. The van der Waals surface area contributed by atoms with E-state index in [9.17, 15) is 4.79 Å². The molecular formula is C19H26O3. The number of carbonyl (C=O) groups is 1. The second-order valence-electron chi connectivity index (χ2n) is 7.04. The molecule has 0 aliphatic heterocycles. The van der Waals surface area contributed by atoms with Crippen LogP contribution < -0.4 is 4.74 Å². The molecule has 0 N–H and O–H groups in total. The number of methoxy groups -OCH3 is 1. The number of aryl methyl sites for hydroxylation is 1. The van der Waals surface area contributed by atoms with E-state index >= 15 is 0 Å². The minimum absolute atomic E-state index is 0.162. The molecule has 0 spiro atoms.